The maximum atomic E-state index is 12.4. The molecule has 1 fully saturated rings. The Balaban J connectivity index is 2.05. The lowest BCUT2D eigenvalue weighted by atomic mass is 10.0. The summed E-state index contributed by atoms with van der Waals surface area (Å²) in [7, 11) is 0. The summed E-state index contributed by atoms with van der Waals surface area (Å²) in [5, 5.41) is 9.30. The number of hydrogen-bond donors (Lipinski definition) is 1. The van der Waals surface area contributed by atoms with E-state index in [1.807, 2.05) is 33.8 Å². The fourth-order valence-electron chi connectivity index (χ4n) is 2.83. The molecule has 1 aliphatic heterocycles. The first-order valence-electron chi connectivity index (χ1n) is 6.92. The van der Waals surface area contributed by atoms with Crippen LogP contribution >= 0.6 is 11.3 Å². The van der Waals surface area contributed by atoms with E-state index in [-0.39, 0.29) is 24.1 Å². The molecule has 0 bridgehead atoms. The van der Waals surface area contributed by atoms with Crippen LogP contribution in [0.1, 0.15) is 34.0 Å². The van der Waals surface area contributed by atoms with Crippen molar-refractivity contribution in [2.45, 2.75) is 39.4 Å². The van der Waals surface area contributed by atoms with Crippen LogP contribution in [0.5, 0.6) is 0 Å². The number of aliphatic hydroxyl groups is 1. The molecular formula is C15H23NO3S. The molecule has 5 heteroatoms. The number of ether oxygens (including phenoxy) is 1. The van der Waals surface area contributed by atoms with Crippen LogP contribution in [0.25, 0.3) is 0 Å². The average Bonchev–Trinajstić information content (AvgIpc) is 2.66. The Labute approximate surface area is 124 Å². The second-order valence-corrected chi connectivity index (χ2v) is 7.56. The van der Waals surface area contributed by atoms with Crippen LogP contribution in [-0.2, 0) is 4.74 Å². The Kier molecular flexibility index (Phi) is 4.64. The van der Waals surface area contributed by atoms with Gasteiger partial charge in [-0.3, -0.25) is 9.69 Å². The van der Waals surface area contributed by atoms with Crippen LogP contribution in [-0.4, -0.2) is 53.7 Å². The number of thiophene rings is 1. The van der Waals surface area contributed by atoms with Crippen molar-refractivity contribution < 1.29 is 14.6 Å². The molecule has 1 aromatic rings. The molecule has 2 rings (SSSR count). The zero-order valence-electron chi connectivity index (χ0n) is 12.6. The van der Waals surface area contributed by atoms with Crippen molar-refractivity contribution in [2.24, 2.45) is 0 Å². The normalized spacial score (nSPS) is 22.9. The van der Waals surface area contributed by atoms with Gasteiger partial charge in [-0.2, -0.15) is 0 Å². The molecule has 1 saturated heterocycles. The van der Waals surface area contributed by atoms with Gasteiger partial charge in [-0.05, 0) is 33.8 Å². The van der Waals surface area contributed by atoms with Gasteiger partial charge in [0.2, 0.25) is 0 Å². The lowest BCUT2D eigenvalue weighted by Gasteiger charge is -2.42. The third-order valence-electron chi connectivity index (χ3n) is 3.46. The SMILES string of the molecule is Cc1cc(C(=O)CN2CC(CO)OC(C)(C)C2)c(C)s1. The molecule has 4 nitrogen and oxygen atoms in total. The minimum atomic E-state index is -0.328. The van der Waals surface area contributed by atoms with E-state index in [2.05, 4.69) is 4.90 Å². The summed E-state index contributed by atoms with van der Waals surface area (Å²) >= 11 is 1.66. The third-order valence-corrected chi connectivity index (χ3v) is 4.43. The predicted octanol–water partition coefficient (Wildman–Crippen LogP) is 2.02. The highest BCUT2D eigenvalue weighted by Crippen LogP contribution is 2.24. The minimum absolute atomic E-state index is 0.00922. The molecule has 0 aromatic carbocycles. The number of carbonyl (C=O) groups is 1. The van der Waals surface area contributed by atoms with Gasteiger partial charge in [0.1, 0.15) is 0 Å². The Morgan fingerprint density at radius 2 is 2.25 bits per heavy atom. The van der Waals surface area contributed by atoms with Gasteiger partial charge in [-0.25, -0.2) is 0 Å². The topological polar surface area (TPSA) is 49.8 Å². The molecule has 0 aliphatic carbocycles. The second-order valence-electron chi connectivity index (χ2n) is 6.10. The first kappa shape index (κ1) is 15.6. The van der Waals surface area contributed by atoms with Gasteiger partial charge in [0.15, 0.2) is 5.78 Å². The molecule has 20 heavy (non-hydrogen) atoms. The van der Waals surface area contributed by atoms with E-state index < -0.39 is 0 Å². The van der Waals surface area contributed by atoms with Crippen LogP contribution in [0.3, 0.4) is 0 Å². The summed E-state index contributed by atoms with van der Waals surface area (Å²) in [5.41, 5.74) is 0.503. The smallest absolute Gasteiger partial charge is 0.177 e. The molecule has 0 amide bonds. The highest BCUT2D eigenvalue weighted by molar-refractivity contribution is 7.12. The highest BCUT2D eigenvalue weighted by Gasteiger charge is 2.34. The van der Waals surface area contributed by atoms with E-state index in [1.54, 1.807) is 11.3 Å². The lowest BCUT2D eigenvalue weighted by Crippen LogP contribution is -2.54. The molecular weight excluding hydrogens is 274 g/mol. The van der Waals surface area contributed by atoms with Gasteiger partial charge in [-0.1, -0.05) is 0 Å². The van der Waals surface area contributed by atoms with Crippen LogP contribution < -0.4 is 0 Å². The number of hydrogen-bond acceptors (Lipinski definition) is 5. The standard InChI is InChI=1S/C15H23NO3S/c1-10-5-13(11(2)20-10)14(18)7-16-6-12(8-17)19-15(3,4)9-16/h5,12,17H,6-9H2,1-4H3. The fraction of sp³-hybridized carbons (Fsp3) is 0.667. The van der Waals surface area contributed by atoms with E-state index in [4.69, 9.17) is 4.74 Å². The third kappa shape index (κ3) is 3.67. The lowest BCUT2D eigenvalue weighted by molar-refractivity contribution is -0.146. The number of carbonyl (C=O) groups excluding carboxylic acids is 1. The Bertz CT molecular complexity index is 495. The van der Waals surface area contributed by atoms with Gasteiger partial charge in [0, 0.05) is 28.4 Å². The van der Waals surface area contributed by atoms with Crippen LogP contribution in [0.2, 0.25) is 0 Å². The number of aryl methyl sites for hydroxylation is 2. The molecule has 1 atom stereocenters. The minimum Gasteiger partial charge on any atom is -0.394 e. The highest BCUT2D eigenvalue weighted by atomic mass is 32.1. The molecule has 0 spiro atoms. The number of nitrogens with zero attached hydrogens (tertiary/aromatic N) is 1. The molecule has 0 radical (unpaired) electrons. The maximum absolute atomic E-state index is 12.4. The largest absolute Gasteiger partial charge is 0.394 e. The molecule has 1 N–H and O–H groups in total. The summed E-state index contributed by atoms with van der Waals surface area (Å²) in [5.74, 6) is 0.154. The molecule has 1 aromatic heterocycles. The number of rotatable bonds is 4. The Morgan fingerprint density at radius 3 is 2.80 bits per heavy atom. The van der Waals surface area contributed by atoms with Crippen molar-refractivity contribution in [3.05, 3.63) is 21.4 Å². The van der Waals surface area contributed by atoms with Crippen molar-refractivity contribution in [2.75, 3.05) is 26.2 Å². The first-order chi connectivity index (χ1) is 9.30. The van der Waals surface area contributed by atoms with Gasteiger partial charge >= 0.3 is 0 Å². The second kappa shape index (κ2) is 5.93. The quantitative estimate of drug-likeness (QED) is 0.864. The maximum Gasteiger partial charge on any atom is 0.177 e. The van der Waals surface area contributed by atoms with Crippen molar-refractivity contribution in [1.29, 1.82) is 0 Å². The van der Waals surface area contributed by atoms with Crippen molar-refractivity contribution in [3.8, 4) is 0 Å². The number of morpholine rings is 1. The molecule has 112 valence electrons. The van der Waals surface area contributed by atoms with Crippen LogP contribution in [0.4, 0.5) is 0 Å². The van der Waals surface area contributed by atoms with Crippen molar-refractivity contribution in [1.82, 2.24) is 4.90 Å². The van der Waals surface area contributed by atoms with E-state index in [0.717, 1.165) is 10.4 Å². The zero-order chi connectivity index (χ0) is 14.9. The number of Topliss-reactive ketones (excluding diaryl/α,β-unsaturated/α-hetero) is 1. The van der Waals surface area contributed by atoms with E-state index in [9.17, 15) is 9.90 Å². The Morgan fingerprint density at radius 1 is 1.55 bits per heavy atom. The van der Waals surface area contributed by atoms with Crippen molar-refractivity contribution in [3.63, 3.8) is 0 Å². The fourth-order valence-corrected chi connectivity index (χ4v) is 3.77. The molecule has 2 heterocycles. The summed E-state index contributed by atoms with van der Waals surface area (Å²) < 4.78 is 5.77. The monoisotopic (exact) mass is 297 g/mol. The summed E-state index contributed by atoms with van der Waals surface area (Å²) in [6.07, 6.45) is -0.211. The Hall–Kier alpha value is -0.750. The molecule has 1 unspecified atom stereocenters. The zero-order valence-corrected chi connectivity index (χ0v) is 13.4. The van der Waals surface area contributed by atoms with E-state index in [0.29, 0.717) is 19.6 Å². The summed E-state index contributed by atoms with van der Waals surface area (Å²) in [6, 6.07) is 1.97. The van der Waals surface area contributed by atoms with Gasteiger partial charge in [-0.15, -0.1) is 11.3 Å². The summed E-state index contributed by atoms with van der Waals surface area (Å²) in [4.78, 5) is 16.7. The predicted molar refractivity (Wildman–Crippen MR) is 80.6 cm³/mol. The van der Waals surface area contributed by atoms with Crippen molar-refractivity contribution >= 4 is 17.1 Å². The van der Waals surface area contributed by atoms with Gasteiger partial charge in [0.25, 0.3) is 0 Å². The summed E-state index contributed by atoms with van der Waals surface area (Å²) in [6.45, 7) is 9.69. The average molecular weight is 297 g/mol. The van der Waals surface area contributed by atoms with Crippen LogP contribution in [0.15, 0.2) is 6.07 Å². The first-order valence-corrected chi connectivity index (χ1v) is 7.73. The number of ketones is 1. The van der Waals surface area contributed by atoms with Crippen LogP contribution in [0, 0.1) is 13.8 Å². The van der Waals surface area contributed by atoms with Gasteiger partial charge in [0.05, 0.1) is 24.9 Å². The van der Waals surface area contributed by atoms with E-state index in [1.165, 1.54) is 4.88 Å². The molecule has 1 aliphatic rings. The number of aliphatic hydroxyl groups excluding tert-OH is 1. The van der Waals surface area contributed by atoms with E-state index >= 15 is 0 Å². The van der Waals surface area contributed by atoms with Gasteiger partial charge < -0.3 is 9.84 Å². The molecule has 0 saturated carbocycles.